The molecule has 0 radical (unpaired) electrons. The van der Waals surface area contributed by atoms with Crippen LogP contribution in [0.3, 0.4) is 0 Å². The van der Waals surface area contributed by atoms with Gasteiger partial charge in [-0.05, 0) is 52.5 Å². The van der Waals surface area contributed by atoms with Crippen molar-refractivity contribution in [1.29, 1.82) is 0 Å². The number of hydrogen-bond donors (Lipinski definition) is 0. The second kappa shape index (κ2) is 9.21. The number of thiophene rings is 3. The van der Waals surface area contributed by atoms with Crippen LogP contribution in [0.5, 0.6) is 0 Å². The molecule has 0 saturated heterocycles. The Balaban J connectivity index is 1.23. The Labute approximate surface area is 206 Å². The summed E-state index contributed by atoms with van der Waals surface area (Å²) >= 11 is 4.81. The molecule has 0 amide bonds. The van der Waals surface area contributed by atoms with E-state index < -0.39 is 7.32 Å². The monoisotopic (exact) mass is 507 g/mol. The fourth-order valence-corrected chi connectivity index (χ4v) is 5.27. The molecule has 170 valence electrons. The van der Waals surface area contributed by atoms with Gasteiger partial charge in [-0.2, -0.15) is 0 Å². The van der Waals surface area contributed by atoms with Gasteiger partial charge < -0.3 is 14.3 Å². The van der Waals surface area contributed by atoms with Crippen molar-refractivity contribution >= 4 is 41.3 Å². The minimum Gasteiger partial charge on any atom is -0.543 e. The van der Waals surface area contributed by atoms with Gasteiger partial charge in [0.1, 0.15) is 17.1 Å². The predicted octanol–water partition coefficient (Wildman–Crippen LogP) is 3.87. The Bertz CT molecular complexity index is 1280. The van der Waals surface area contributed by atoms with Gasteiger partial charge in [0.2, 0.25) is 0 Å². The minimum atomic E-state index is -2.23. The molecule has 6 heterocycles. The molecule has 34 heavy (non-hydrogen) atoms. The van der Waals surface area contributed by atoms with Gasteiger partial charge >= 0.3 is 7.32 Å². The van der Waals surface area contributed by atoms with Gasteiger partial charge in [0.05, 0.1) is 33.2 Å². The molecule has 0 aliphatic rings. The molecule has 0 saturated carbocycles. The highest BCUT2D eigenvalue weighted by atomic mass is 32.1. The zero-order chi connectivity index (χ0) is 22.7. The van der Waals surface area contributed by atoms with Crippen LogP contribution in [0, 0.1) is 0 Å². The van der Waals surface area contributed by atoms with E-state index in [1.54, 1.807) is 52.6 Å². The van der Waals surface area contributed by atoms with Crippen molar-refractivity contribution in [1.82, 2.24) is 29.8 Å². The Kier molecular flexibility index (Phi) is 5.63. The summed E-state index contributed by atoms with van der Waals surface area (Å²) in [6, 6.07) is 17.5. The molecule has 0 aliphatic heterocycles. The maximum Gasteiger partial charge on any atom is 0.596 e. The van der Waals surface area contributed by atoms with E-state index in [-0.39, 0.29) is 0 Å². The van der Waals surface area contributed by atoms with Gasteiger partial charge in [0, 0.05) is 0 Å². The standard InChI is InChI=1S/C21H16BN6O3S3/c1-4-19(32-13-1)16-7-10-26(23-16)29-22(30-27-11-8-17(24-27)20-5-2-14-33-20)31-28-12-9-18(25-28)21-6-3-15-34-21/h1-15,22H/q-1. The summed E-state index contributed by atoms with van der Waals surface area (Å²) in [5.74, 6) is 0. The lowest BCUT2D eigenvalue weighted by Crippen LogP contribution is -2.49. The fourth-order valence-electron chi connectivity index (χ4n) is 3.20. The van der Waals surface area contributed by atoms with E-state index in [2.05, 4.69) is 15.3 Å². The van der Waals surface area contributed by atoms with E-state index in [9.17, 15) is 0 Å². The third-order valence-electron chi connectivity index (χ3n) is 4.73. The van der Waals surface area contributed by atoms with Crippen LogP contribution in [0.15, 0.2) is 89.3 Å². The lowest BCUT2D eigenvalue weighted by molar-refractivity contribution is 0.0407. The van der Waals surface area contributed by atoms with Gasteiger partial charge in [-0.3, -0.25) is 0 Å². The summed E-state index contributed by atoms with van der Waals surface area (Å²) < 4.78 is 17.8. The van der Waals surface area contributed by atoms with Crippen molar-refractivity contribution in [2.45, 2.75) is 0 Å². The molecule has 6 aromatic heterocycles. The third kappa shape index (κ3) is 4.48. The molecule has 13 heteroatoms. The Morgan fingerprint density at radius 3 is 1.18 bits per heavy atom. The van der Waals surface area contributed by atoms with Crippen LogP contribution in [0.2, 0.25) is 0 Å². The molecule has 0 unspecified atom stereocenters. The van der Waals surface area contributed by atoms with Crippen LogP contribution in [-0.4, -0.2) is 37.2 Å². The van der Waals surface area contributed by atoms with Gasteiger partial charge in [0.25, 0.3) is 0 Å². The largest absolute Gasteiger partial charge is 0.596 e. The van der Waals surface area contributed by atoms with Crippen molar-refractivity contribution in [2.24, 2.45) is 0 Å². The average molecular weight is 507 g/mol. The van der Waals surface area contributed by atoms with Crippen LogP contribution in [0.1, 0.15) is 0 Å². The lowest BCUT2D eigenvalue weighted by Gasteiger charge is -2.27. The fraction of sp³-hybridized carbons (Fsp3) is 0. The summed E-state index contributed by atoms with van der Waals surface area (Å²) in [4.78, 5) is 7.12. The van der Waals surface area contributed by atoms with Gasteiger partial charge in [-0.15, -0.1) is 63.8 Å². The molecular weight excluding hydrogens is 491 g/mol. The SMILES string of the molecule is c1csc(-c2ccn(O[BH-](On3ccc(-c4cccs4)n3)On3ccc(-c4cccs4)n3)n2)c1. The first kappa shape index (κ1) is 20.8. The zero-order valence-electron chi connectivity index (χ0n) is 17.5. The second-order valence-electron chi connectivity index (χ2n) is 6.98. The van der Waals surface area contributed by atoms with Gasteiger partial charge in [-0.25, -0.2) is 0 Å². The Morgan fingerprint density at radius 2 is 0.882 bits per heavy atom. The maximum atomic E-state index is 5.93. The van der Waals surface area contributed by atoms with Crippen LogP contribution >= 0.6 is 34.0 Å². The van der Waals surface area contributed by atoms with E-state index in [0.29, 0.717) is 0 Å². The number of aromatic nitrogens is 6. The molecular formula is C21H16BN6O3S3-. The first-order chi connectivity index (χ1) is 16.8. The average Bonchev–Trinajstić information content (AvgIpc) is 3.65. The summed E-state index contributed by atoms with van der Waals surface area (Å²) in [6.07, 6.45) is 5.13. The van der Waals surface area contributed by atoms with E-state index >= 15 is 0 Å². The highest BCUT2D eigenvalue weighted by molar-refractivity contribution is 7.14. The predicted molar refractivity (Wildman–Crippen MR) is 134 cm³/mol. The minimum absolute atomic E-state index is 0.797. The van der Waals surface area contributed by atoms with Gasteiger partial charge in [-0.1, -0.05) is 18.2 Å². The van der Waals surface area contributed by atoms with Crippen molar-refractivity contribution < 1.29 is 14.3 Å². The van der Waals surface area contributed by atoms with E-state index in [4.69, 9.17) is 14.3 Å². The normalized spacial score (nSPS) is 11.2. The van der Waals surface area contributed by atoms with Crippen molar-refractivity contribution in [3.8, 4) is 31.7 Å². The summed E-state index contributed by atoms with van der Waals surface area (Å²) in [5.41, 5.74) is 2.39. The molecule has 0 N–H and O–H groups in total. The van der Waals surface area contributed by atoms with Crippen LogP contribution in [0.4, 0.5) is 0 Å². The topological polar surface area (TPSA) is 81.1 Å². The molecule has 0 spiro atoms. The van der Waals surface area contributed by atoms with E-state index in [1.807, 2.05) is 70.7 Å². The lowest BCUT2D eigenvalue weighted by atomic mass is 10.3. The van der Waals surface area contributed by atoms with E-state index in [1.165, 1.54) is 14.5 Å². The van der Waals surface area contributed by atoms with Gasteiger partial charge in [0.15, 0.2) is 0 Å². The Hall–Kier alpha value is -3.81. The number of nitrogens with zero attached hydrogens (tertiary/aromatic N) is 6. The smallest absolute Gasteiger partial charge is 0.543 e. The van der Waals surface area contributed by atoms with E-state index in [0.717, 1.165) is 31.7 Å². The van der Waals surface area contributed by atoms with Crippen molar-refractivity contribution in [2.75, 3.05) is 0 Å². The molecule has 0 atom stereocenters. The zero-order valence-corrected chi connectivity index (χ0v) is 19.9. The third-order valence-corrected chi connectivity index (χ3v) is 7.41. The maximum absolute atomic E-state index is 5.93. The van der Waals surface area contributed by atoms with Crippen molar-refractivity contribution in [3.05, 3.63) is 89.3 Å². The van der Waals surface area contributed by atoms with Crippen LogP contribution in [0.25, 0.3) is 31.7 Å². The molecule has 6 aromatic rings. The quantitative estimate of drug-likeness (QED) is 0.277. The molecule has 0 fully saturated rings. The number of rotatable bonds is 9. The summed E-state index contributed by atoms with van der Waals surface area (Å²) in [7, 11) is -2.23. The molecule has 6 rings (SSSR count). The first-order valence-electron chi connectivity index (χ1n) is 10.3. The van der Waals surface area contributed by atoms with Crippen LogP contribution in [-0.2, 0) is 0 Å². The Morgan fingerprint density at radius 1 is 0.529 bits per heavy atom. The highest BCUT2D eigenvalue weighted by Gasteiger charge is 2.16. The number of hydrogen-bond acceptors (Lipinski definition) is 9. The molecule has 0 aliphatic carbocycles. The molecule has 0 aromatic carbocycles. The highest BCUT2D eigenvalue weighted by Crippen LogP contribution is 2.24. The molecule has 9 nitrogen and oxygen atoms in total. The van der Waals surface area contributed by atoms with Crippen LogP contribution < -0.4 is 14.3 Å². The summed E-state index contributed by atoms with van der Waals surface area (Å²) in [5, 5.41) is 19.4. The first-order valence-corrected chi connectivity index (χ1v) is 12.9. The summed E-state index contributed by atoms with van der Waals surface area (Å²) in [6.45, 7) is 0. The second-order valence-corrected chi connectivity index (χ2v) is 9.83. The van der Waals surface area contributed by atoms with Crippen molar-refractivity contribution in [3.63, 3.8) is 0 Å². The molecule has 0 bridgehead atoms.